The first kappa shape index (κ1) is 20.8. The van der Waals surface area contributed by atoms with E-state index in [1.807, 2.05) is 42.2 Å². The zero-order valence-corrected chi connectivity index (χ0v) is 17.0. The maximum Gasteiger partial charge on any atom is 0.255 e. The van der Waals surface area contributed by atoms with E-state index < -0.39 is 5.54 Å². The normalized spacial score (nSPS) is 16.4. The van der Waals surface area contributed by atoms with Gasteiger partial charge in [0.25, 0.3) is 11.8 Å². The van der Waals surface area contributed by atoms with Crippen molar-refractivity contribution < 1.29 is 9.59 Å². The third-order valence-electron chi connectivity index (χ3n) is 5.75. The Bertz CT molecular complexity index is 832. The lowest BCUT2D eigenvalue weighted by atomic mass is 9.83. The summed E-state index contributed by atoms with van der Waals surface area (Å²) in [7, 11) is 0. The quantitative estimate of drug-likeness (QED) is 0.724. The third kappa shape index (κ3) is 4.39. The molecule has 1 aliphatic rings. The van der Waals surface area contributed by atoms with Crippen molar-refractivity contribution in [3.05, 3.63) is 78.6 Å². The van der Waals surface area contributed by atoms with Crippen molar-refractivity contribution in [1.29, 1.82) is 0 Å². The molecule has 152 valence electrons. The highest BCUT2D eigenvalue weighted by atomic mass is 16.2. The van der Waals surface area contributed by atoms with Crippen LogP contribution in [0.1, 0.15) is 54.9 Å². The third-order valence-corrected chi connectivity index (χ3v) is 5.75. The molecule has 1 N–H and O–H groups in total. The molecule has 1 fully saturated rings. The number of amides is 2. The van der Waals surface area contributed by atoms with Crippen LogP contribution in [0.3, 0.4) is 0 Å². The lowest BCUT2D eigenvalue weighted by Gasteiger charge is -2.46. The topological polar surface area (TPSA) is 62.3 Å². The Hall–Kier alpha value is -2.95. The molecule has 0 aliphatic heterocycles. The van der Waals surface area contributed by atoms with Crippen LogP contribution in [0.2, 0.25) is 0 Å². The van der Waals surface area contributed by atoms with Crippen molar-refractivity contribution >= 4 is 11.8 Å². The first-order valence-corrected chi connectivity index (χ1v) is 10.3. The highest BCUT2D eigenvalue weighted by Gasteiger charge is 2.47. The van der Waals surface area contributed by atoms with Crippen LogP contribution >= 0.6 is 0 Å². The summed E-state index contributed by atoms with van der Waals surface area (Å²) in [4.78, 5) is 33.1. The van der Waals surface area contributed by atoms with Crippen LogP contribution in [0.5, 0.6) is 0 Å². The molecule has 0 saturated heterocycles. The van der Waals surface area contributed by atoms with Gasteiger partial charge in [0.2, 0.25) is 0 Å². The highest BCUT2D eigenvalue weighted by Crippen LogP contribution is 2.36. The Balaban J connectivity index is 2.12. The minimum atomic E-state index is -1.13. The standard InChI is InChI=1S/C24H29N3O2/c1-3-16-26-23(29)24(2,20-10-6-4-7-11-20)27(21-12-8-5-9-13-21)22(28)19-14-17-25-18-15-19/h3-4,6-7,10-11,14-15,17-18,21H,1,5,8-9,12-13,16H2,2H3,(H,26,29). The van der Waals surface area contributed by atoms with E-state index in [0.29, 0.717) is 12.1 Å². The van der Waals surface area contributed by atoms with E-state index in [2.05, 4.69) is 16.9 Å². The van der Waals surface area contributed by atoms with E-state index in [0.717, 1.165) is 31.2 Å². The van der Waals surface area contributed by atoms with Gasteiger partial charge in [-0.05, 0) is 37.5 Å². The molecule has 1 aromatic carbocycles. The number of hydrogen-bond acceptors (Lipinski definition) is 3. The second kappa shape index (κ2) is 9.50. The van der Waals surface area contributed by atoms with Gasteiger partial charge in [-0.1, -0.05) is 55.7 Å². The molecule has 1 unspecified atom stereocenters. The van der Waals surface area contributed by atoms with Crippen molar-refractivity contribution in [2.45, 2.75) is 50.6 Å². The minimum Gasteiger partial charge on any atom is -0.350 e. The smallest absolute Gasteiger partial charge is 0.255 e. The van der Waals surface area contributed by atoms with Crippen LogP contribution in [0, 0.1) is 0 Å². The van der Waals surface area contributed by atoms with Crippen molar-refractivity contribution in [3.8, 4) is 0 Å². The summed E-state index contributed by atoms with van der Waals surface area (Å²) in [6.45, 7) is 5.91. The second-order valence-electron chi connectivity index (χ2n) is 7.64. The van der Waals surface area contributed by atoms with Crippen LogP contribution in [0.25, 0.3) is 0 Å². The molecule has 5 nitrogen and oxygen atoms in total. The molecule has 1 saturated carbocycles. The van der Waals surface area contributed by atoms with Gasteiger partial charge < -0.3 is 10.2 Å². The van der Waals surface area contributed by atoms with E-state index in [4.69, 9.17) is 0 Å². The number of nitrogens with one attached hydrogen (secondary N) is 1. The summed E-state index contributed by atoms with van der Waals surface area (Å²) >= 11 is 0. The minimum absolute atomic E-state index is 0.00380. The van der Waals surface area contributed by atoms with Gasteiger partial charge in [0.15, 0.2) is 0 Å². The summed E-state index contributed by atoms with van der Waals surface area (Å²) in [5.41, 5.74) is 0.214. The second-order valence-corrected chi connectivity index (χ2v) is 7.64. The molecule has 2 amide bonds. The molecule has 1 heterocycles. The SMILES string of the molecule is C=CCNC(=O)C(C)(c1ccccc1)N(C(=O)c1ccncc1)C1CCCCC1. The zero-order chi connectivity index (χ0) is 20.7. The fourth-order valence-electron chi connectivity index (χ4n) is 4.19. The molecule has 1 aromatic heterocycles. The fraction of sp³-hybridized carbons (Fsp3) is 0.375. The molecule has 5 heteroatoms. The largest absolute Gasteiger partial charge is 0.350 e. The molecule has 2 aromatic rings. The average molecular weight is 392 g/mol. The van der Waals surface area contributed by atoms with Crippen LogP contribution in [0.4, 0.5) is 0 Å². The molecular formula is C24H29N3O2. The summed E-state index contributed by atoms with van der Waals surface area (Å²) < 4.78 is 0. The van der Waals surface area contributed by atoms with Crippen molar-refractivity contribution in [3.63, 3.8) is 0 Å². The number of carbonyl (C=O) groups is 2. The van der Waals surface area contributed by atoms with Gasteiger partial charge in [-0.25, -0.2) is 0 Å². The van der Waals surface area contributed by atoms with Gasteiger partial charge in [-0.15, -0.1) is 6.58 Å². The van der Waals surface area contributed by atoms with Crippen molar-refractivity contribution in [2.75, 3.05) is 6.54 Å². The lowest BCUT2D eigenvalue weighted by molar-refractivity contribution is -0.133. The molecule has 1 aliphatic carbocycles. The number of hydrogen-bond donors (Lipinski definition) is 1. The Morgan fingerprint density at radius 3 is 2.41 bits per heavy atom. The average Bonchev–Trinajstić information content (AvgIpc) is 2.79. The number of pyridine rings is 1. The maximum absolute atomic E-state index is 13.7. The van der Waals surface area contributed by atoms with Gasteiger partial charge in [0.1, 0.15) is 5.54 Å². The molecule has 1 atom stereocenters. The van der Waals surface area contributed by atoms with Gasteiger partial charge in [-0.2, -0.15) is 0 Å². The molecule has 0 spiro atoms. The molecule has 0 radical (unpaired) electrons. The van der Waals surface area contributed by atoms with Gasteiger partial charge >= 0.3 is 0 Å². The van der Waals surface area contributed by atoms with Crippen molar-refractivity contribution in [1.82, 2.24) is 15.2 Å². The summed E-state index contributed by atoms with van der Waals surface area (Å²) in [6.07, 6.45) is 9.96. The van der Waals surface area contributed by atoms with E-state index >= 15 is 0 Å². The fourth-order valence-corrected chi connectivity index (χ4v) is 4.19. The Labute approximate surface area is 172 Å². The zero-order valence-electron chi connectivity index (χ0n) is 17.0. The van der Waals surface area contributed by atoms with Crippen LogP contribution < -0.4 is 5.32 Å². The summed E-state index contributed by atoms with van der Waals surface area (Å²) in [5.74, 6) is -0.337. The Morgan fingerprint density at radius 2 is 1.79 bits per heavy atom. The van der Waals surface area contributed by atoms with Crippen LogP contribution in [0.15, 0.2) is 67.5 Å². The lowest BCUT2D eigenvalue weighted by Crippen LogP contribution is -2.60. The summed E-state index contributed by atoms with van der Waals surface area (Å²) in [5, 5.41) is 2.93. The van der Waals surface area contributed by atoms with E-state index in [9.17, 15) is 9.59 Å². The molecule has 29 heavy (non-hydrogen) atoms. The summed E-state index contributed by atoms with van der Waals surface area (Å²) in [6, 6.07) is 13.0. The number of rotatable bonds is 7. The maximum atomic E-state index is 13.7. The first-order chi connectivity index (χ1) is 14.1. The first-order valence-electron chi connectivity index (χ1n) is 10.3. The molecule has 3 rings (SSSR count). The number of nitrogens with zero attached hydrogens (tertiary/aromatic N) is 2. The number of carbonyl (C=O) groups excluding carboxylic acids is 2. The number of aromatic nitrogens is 1. The van der Waals surface area contributed by atoms with Crippen LogP contribution in [-0.2, 0) is 10.3 Å². The Morgan fingerprint density at radius 1 is 1.14 bits per heavy atom. The van der Waals surface area contributed by atoms with E-state index in [1.54, 1.807) is 30.6 Å². The predicted molar refractivity (Wildman–Crippen MR) is 114 cm³/mol. The molecular weight excluding hydrogens is 362 g/mol. The van der Waals surface area contributed by atoms with Crippen molar-refractivity contribution in [2.24, 2.45) is 0 Å². The van der Waals surface area contributed by atoms with Gasteiger partial charge in [0, 0.05) is 30.5 Å². The number of benzene rings is 1. The van der Waals surface area contributed by atoms with Crippen LogP contribution in [-0.4, -0.2) is 34.3 Å². The monoisotopic (exact) mass is 391 g/mol. The van der Waals surface area contributed by atoms with E-state index in [-0.39, 0.29) is 17.9 Å². The highest BCUT2D eigenvalue weighted by molar-refractivity contribution is 5.99. The van der Waals surface area contributed by atoms with E-state index in [1.165, 1.54) is 6.42 Å². The predicted octanol–water partition coefficient (Wildman–Crippen LogP) is 4.07. The van der Waals surface area contributed by atoms with Gasteiger partial charge in [-0.3, -0.25) is 14.6 Å². The van der Waals surface area contributed by atoms with Gasteiger partial charge in [0.05, 0.1) is 0 Å². The Kier molecular flexibility index (Phi) is 6.81. The molecule has 0 bridgehead atoms.